The summed E-state index contributed by atoms with van der Waals surface area (Å²) in [5, 5.41) is 3.52. The summed E-state index contributed by atoms with van der Waals surface area (Å²) in [6, 6.07) is 0.393. The van der Waals surface area contributed by atoms with Gasteiger partial charge in [0.2, 0.25) is 0 Å². The molecule has 3 heteroatoms. The Labute approximate surface area is 110 Å². The second-order valence-electron chi connectivity index (χ2n) is 6.18. The smallest absolute Gasteiger partial charge is 0.109 e. The molecule has 4 atom stereocenters. The highest BCUT2D eigenvalue weighted by molar-refractivity contribution is 5.13. The first-order valence-electron chi connectivity index (χ1n) is 7.56. The van der Waals surface area contributed by atoms with E-state index in [2.05, 4.69) is 29.1 Å². The van der Waals surface area contributed by atoms with Crippen molar-refractivity contribution in [2.45, 2.75) is 57.9 Å². The standard InChI is InChI=1S/C15H25N3/c1-3-6-16-10(2)14-9-17-15(18-14)13-8-11-4-5-12(13)7-11/h9-13,16H,3-8H2,1-2H3,(H,17,18). The quantitative estimate of drug-likeness (QED) is 0.837. The zero-order valence-corrected chi connectivity index (χ0v) is 11.6. The molecule has 0 amide bonds. The summed E-state index contributed by atoms with van der Waals surface area (Å²) in [7, 11) is 0. The largest absolute Gasteiger partial charge is 0.344 e. The molecule has 1 aromatic heterocycles. The van der Waals surface area contributed by atoms with Gasteiger partial charge in [0, 0.05) is 18.2 Å². The Bertz CT molecular complexity index is 398. The average molecular weight is 247 g/mol. The van der Waals surface area contributed by atoms with Gasteiger partial charge in [0.05, 0.1) is 5.69 Å². The summed E-state index contributed by atoms with van der Waals surface area (Å²) < 4.78 is 0. The third kappa shape index (κ3) is 2.20. The zero-order valence-electron chi connectivity index (χ0n) is 11.6. The van der Waals surface area contributed by atoms with E-state index in [4.69, 9.17) is 0 Å². The SMILES string of the molecule is CCCNC(C)c1cnc(C2CC3CCC2C3)[nH]1. The third-order valence-electron chi connectivity index (χ3n) is 4.87. The molecule has 4 unspecified atom stereocenters. The van der Waals surface area contributed by atoms with E-state index < -0.39 is 0 Å². The summed E-state index contributed by atoms with van der Waals surface area (Å²) in [6.07, 6.45) is 8.92. The van der Waals surface area contributed by atoms with Crippen LogP contribution in [0.15, 0.2) is 6.20 Å². The van der Waals surface area contributed by atoms with Crippen LogP contribution in [0, 0.1) is 11.8 Å². The highest BCUT2D eigenvalue weighted by atomic mass is 15.0. The predicted molar refractivity (Wildman–Crippen MR) is 73.5 cm³/mol. The molecule has 3 rings (SSSR count). The Morgan fingerprint density at radius 1 is 1.44 bits per heavy atom. The van der Waals surface area contributed by atoms with Gasteiger partial charge in [-0.05, 0) is 51.0 Å². The minimum Gasteiger partial charge on any atom is -0.344 e. The van der Waals surface area contributed by atoms with Gasteiger partial charge in [-0.2, -0.15) is 0 Å². The van der Waals surface area contributed by atoms with Crippen molar-refractivity contribution in [3.8, 4) is 0 Å². The molecule has 18 heavy (non-hydrogen) atoms. The number of rotatable bonds is 5. The summed E-state index contributed by atoms with van der Waals surface area (Å²) >= 11 is 0. The topological polar surface area (TPSA) is 40.7 Å². The van der Waals surface area contributed by atoms with Gasteiger partial charge in [-0.3, -0.25) is 0 Å². The van der Waals surface area contributed by atoms with E-state index in [-0.39, 0.29) is 0 Å². The van der Waals surface area contributed by atoms with Gasteiger partial charge in [0.1, 0.15) is 5.82 Å². The van der Waals surface area contributed by atoms with Gasteiger partial charge in [-0.25, -0.2) is 4.98 Å². The number of nitrogens with one attached hydrogen (secondary N) is 2. The molecule has 0 saturated heterocycles. The number of H-pyrrole nitrogens is 1. The molecule has 2 fully saturated rings. The van der Waals surface area contributed by atoms with Crippen molar-refractivity contribution in [1.82, 2.24) is 15.3 Å². The van der Waals surface area contributed by atoms with Crippen molar-refractivity contribution in [2.75, 3.05) is 6.54 Å². The van der Waals surface area contributed by atoms with Crippen LogP contribution in [0.5, 0.6) is 0 Å². The monoisotopic (exact) mass is 247 g/mol. The molecule has 1 aromatic rings. The Morgan fingerprint density at radius 2 is 2.33 bits per heavy atom. The van der Waals surface area contributed by atoms with E-state index in [0.717, 1.165) is 24.3 Å². The van der Waals surface area contributed by atoms with Crippen LogP contribution in [0.25, 0.3) is 0 Å². The normalized spacial score (nSPS) is 32.0. The fourth-order valence-corrected chi connectivity index (χ4v) is 3.81. The summed E-state index contributed by atoms with van der Waals surface area (Å²) in [4.78, 5) is 8.23. The number of aromatic nitrogens is 2. The first-order chi connectivity index (χ1) is 8.78. The zero-order chi connectivity index (χ0) is 12.5. The highest BCUT2D eigenvalue weighted by Crippen LogP contribution is 2.52. The molecule has 2 bridgehead atoms. The van der Waals surface area contributed by atoms with Crippen molar-refractivity contribution in [1.29, 1.82) is 0 Å². The van der Waals surface area contributed by atoms with Crippen LogP contribution in [0.2, 0.25) is 0 Å². The van der Waals surface area contributed by atoms with Gasteiger partial charge in [0.15, 0.2) is 0 Å². The van der Waals surface area contributed by atoms with E-state index in [0.29, 0.717) is 6.04 Å². The van der Waals surface area contributed by atoms with Crippen molar-refractivity contribution in [3.05, 3.63) is 17.7 Å². The lowest BCUT2D eigenvalue weighted by Crippen LogP contribution is -2.19. The Morgan fingerprint density at radius 3 is 3.00 bits per heavy atom. The summed E-state index contributed by atoms with van der Waals surface area (Å²) in [6.45, 7) is 5.49. The average Bonchev–Trinajstić information content (AvgIpc) is 3.09. The first kappa shape index (κ1) is 12.2. The number of fused-ring (bicyclic) bond motifs is 2. The van der Waals surface area contributed by atoms with Crippen LogP contribution < -0.4 is 5.32 Å². The van der Waals surface area contributed by atoms with Gasteiger partial charge in [0.25, 0.3) is 0 Å². The number of nitrogens with zero attached hydrogens (tertiary/aromatic N) is 1. The van der Waals surface area contributed by atoms with Gasteiger partial charge in [-0.15, -0.1) is 0 Å². The number of imidazole rings is 1. The van der Waals surface area contributed by atoms with Crippen LogP contribution in [0.1, 0.15) is 69.4 Å². The van der Waals surface area contributed by atoms with E-state index in [1.165, 1.54) is 43.6 Å². The molecule has 3 nitrogen and oxygen atoms in total. The lowest BCUT2D eigenvalue weighted by Gasteiger charge is -2.19. The second kappa shape index (κ2) is 5.04. The van der Waals surface area contributed by atoms with Crippen molar-refractivity contribution in [3.63, 3.8) is 0 Å². The maximum absolute atomic E-state index is 4.65. The molecule has 0 aliphatic heterocycles. The predicted octanol–water partition coefficient (Wildman–Crippen LogP) is 3.37. The van der Waals surface area contributed by atoms with Gasteiger partial charge in [-0.1, -0.05) is 13.3 Å². The van der Waals surface area contributed by atoms with Crippen LogP contribution in [0.3, 0.4) is 0 Å². The van der Waals surface area contributed by atoms with Crippen molar-refractivity contribution >= 4 is 0 Å². The molecule has 100 valence electrons. The fraction of sp³-hybridized carbons (Fsp3) is 0.800. The molecule has 2 aliphatic carbocycles. The Hall–Kier alpha value is -0.830. The van der Waals surface area contributed by atoms with E-state index >= 15 is 0 Å². The van der Waals surface area contributed by atoms with E-state index in [1.54, 1.807) is 0 Å². The molecule has 0 radical (unpaired) electrons. The third-order valence-corrected chi connectivity index (χ3v) is 4.87. The highest BCUT2D eigenvalue weighted by Gasteiger charge is 2.41. The van der Waals surface area contributed by atoms with Crippen molar-refractivity contribution < 1.29 is 0 Å². The minimum atomic E-state index is 0.393. The lowest BCUT2D eigenvalue weighted by atomic mass is 9.88. The van der Waals surface area contributed by atoms with Crippen LogP contribution in [-0.4, -0.2) is 16.5 Å². The molecular weight excluding hydrogens is 222 g/mol. The summed E-state index contributed by atoms with van der Waals surface area (Å²) in [5.41, 5.74) is 1.25. The van der Waals surface area contributed by atoms with Crippen LogP contribution in [0.4, 0.5) is 0 Å². The first-order valence-corrected chi connectivity index (χ1v) is 7.56. The van der Waals surface area contributed by atoms with Crippen LogP contribution in [-0.2, 0) is 0 Å². The minimum absolute atomic E-state index is 0.393. The molecule has 2 aliphatic rings. The van der Waals surface area contributed by atoms with E-state index in [1.807, 2.05) is 6.20 Å². The number of hydrogen-bond acceptors (Lipinski definition) is 2. The number of hydrogen-bond donors (Lipinski definition) is 2. The summed E-state index contributed by atoms with van der Waals surface area (Å²) in [5.74, 6) is 3.87. The molecule has 0 spiro atoms. The maximum atomic E-state index is 4.65. The molecule has 2 N–H and O–H groups in total. The lowest BCUT2D eigenvalue weighted by molar-refractivity contribution is 0.406. The fourth-order valence-electron chi connectivity index (χ4n) is 3.81. The maximum Gasteiger partial charge on any atom is 0.109 e. The second-order valence-corrected chi connectivity index (χ2v) is 6.18. The molecule has 2 saturated carbocycles. The molecule has 0 aromatic carbocycles. The van der Waals surface area contributed by atoms with Crippen LogP contribution >= 0.6 is 0 Å². The van der Waals surface area contributed by atoms with E-state index in [9.17, 15) is 0 Å². The van der Waals surface area contributed by atoms with Gasteiger partial charge >= 0.3 is 0 Å². The Balaban J connectivity index is 1.66. The molecule has 1 heterocycles. The van der Waals surface area contributed by atoms with Gasteiger partial charge < -0.3 is 10.3 Å². The number of aromatic amines is 1. The Kier molecular flexibility index (Phi) is 3.42. The van der Waals surface area contributed by atoms with Crippen molar-refractivity contribution in [2.24, 2.45) is 11.8 Å². The molecular formula is C15H25N3.